The number of hydrogen-bond acceptors (Lipinski definition) is 1. The van der Waals surface area contributed by atoms with Gasteiger partial charge in [-0.15, -0.1) is 0 Å². The molecule has 64 valence electrons. The molecule has 1 N–H and O–H groups in total. The van der Waals surface area contributed by atoms with Crippen molar-refractivity contribution in [2.24, 2.45) is 0 Å². The number of hydrogen-bond donors (Lipinski definition) is 1. The van der Waals surface area contributed by atoms with Gasteiger partial charge in [-0.3, -0.25) is 0 Å². The van der Waals surface area contributed by atoms with E-state index in [1.54, 1.807) is 12.2 Å². The summed E-state index contributed by atoms with van der Waals surface area (Å²) in [6.45, 7) is 1.93. The second-order valence-corrected chi connectivity index (χ2v) is 1.99. The van der Waals surface area contributed by atoms with E-state index in [9.17, 15) is 4.79 Å². The van der Waals surface area contributed by atoms with Gasteiger partial charge >= 0.3 is 5.97 Å². The van der Waals surface area contributed by atoms with Crippen LogP contribution in [-0.4, -0.2) is 11.1 Å². The summed E-state index contributed by atoms with van der Waals surface area (Å²) in [6, 6.07) is 0. The third-order valence-electron chi connectivity index (χ3n) is 0.987. The summed E-state index contributed by atoms with van der Waals surface area (Å²) in [7, 11) is 0. The van der Waals surface area contributed by atoms with Crippen LogP contribution in [0.15, 0.2) is 48.6 Å². The molecule has 0 bridgehead atoms. The highest BCUT2D eigenvalue weighted by atomic mass is 16.4. The quantitative estimate of drug-likeness (QED) is 0.511. The predicted molar refractivity (Wildman–Crippen MR) is 49.9 cm³/mol. The van der Waals surface area contributed by atoms with Crippen molar-refractivity contribution in [3.8, 4) is 0 Å². The van der Waals surface area contributed by atoms with E-state index in [4.69, 9.17) is 5.11 Å². The number of rotatable bonds is 4. The van der Waals surface area contributed by atoms with Crippen LogP contribution in [0.5, 0.6) is 0 Å². The molecule has 0 atom stereocenters. The molecule has 0 rings (SSSR count). The first kappa shape index (κ1) is 10.4. The molecule has 0 aliphatic carbocycles. The van der Waals surface area contributed by atoms with Crippen molar-refractivity contribution in [1.29, 1.82) is 0 Å². The van der Waals surface area contributed by atoms with Crippen LogP contribution in [0.4, 0.5) is 0 Å². The number of aliphatic carboxylic acids is 1. The molecule has 0 radical (unpaired) electrons. The molecule has 0 heterocycles. The van der Waals surface area contributed by atoms with Crippen molar-refractivity contribution < 1.29 is 9.90 Å². The second kappa shape index (κ2) is 7.54. The Kier molecular flexibility index (Phi) is 6.55. The Morgan fingerprint density at radius 3 is 2.00 bits per heavy atom. The van der Waals surface area contributed by atoms with E-state index in [1.807, 2.05) is 31.2 Å². The Morgan fingerprint density at radius 1 is 1.00 bits per heavy atom. The van der Waals surface area contributed by atoms with Crippen LogP contribution in [0.25, 0.3) is 0 Å². The largest absolute Gasteiger partial charge is 0.478 e. The standard InChI is InChI=1S/C10H12O2/c1-2-3-4-5-6-7-8-9-10(11)12/h2-9H,1H3,(H,11,12)/b3-2+,5-4-,7-6-,9-8-. The van der Waals surface area contributed by atoms with Crippen LogP contribution in [0.3, 0.4) is 0 Å². The molecule has 0 saturated carbocycles. The van der Waals surface area contributed by atoms with Gasteiger partial charge in [0.2, 0.25) is 0 Å². The number of allylic oxidation sites excluding steroid dienone is 7. The average Bonchev–Trinajstić information content (AvgIpc) is 2.02. The summed E-state index contributed by atoms with van der Waals surface area (Å²) >= 11 is 0. The zero-order chi connectivity index (χ0) is 9.23. The van der Waals surface area contributed by atoms with E-state index in [0.717, 1.165) is 6.08 Å². The van der Waals surface area contributed by atoms with Crippen LogP contribution in [-0.2, 0) is 4.79 Å². The fourth-order valence-corrected chi connectivity index (χ4v) is 0.506. The van der Waals surface area contributed by atoms with Gasteiger partial charge in [-0.25, -0.2) is 4.79 Å². The topological polar surface area (TPSA) is 37.3 Å². The Labute approximate surface area is 72.2 Å². The Bertz CT molecular complexity index is 232. The summed E-state index contributed by atoms with van der Waals surface area (Å²) in [6.07, 6.45) is 13.5. The lowest BCUT2D eigenvalue weighted by Crippen LogP contribution is -1.84. The van der Waals surface area contributed by atoms with Crippen molar-refractivity contribution in [3.05, 3.63) is 48.6 Å². The first-order valence-corrected chi connectivity index (χ1v) is 3.63. The van der Waals surface area contributed by atoms with Crippen molar-refractivity contribution in [3.63, 3.8) is 0 Å². The summed E-state index contributed by atoms with van der Waals surface area (Å²) in [5.41, 5.74) is 0. The number of carboxylic acids is 1. The highest BCUT2D eigenvalue weighted by Crippen LogP contribution is 1.81. The first-order chi connectivity index (χ1) is 5.77. The van der Waals surface area contributed by atoms with Gasteiger partial charge in [-0.2, -0.15) is 0 Å². The first-order valence-electron chi connectivity index (χ1n) is 3.63. The molecule has 0 aliphatic heterocycles. The van der Waals surface area contributed by atoms with Crippen LogP contribution in [0.2, 0.25) is 0 Å². The zero-order valence-corrected chi connectivity index (χ0v) is 6.97. The van der Waals surface area contributed by atoms with Crippen molar-refractivity contribution in [2.45, 2.75) is 6.92 Å². The molecule has 0 unspecified atom stereocenters. The molecule has 0 spiro atoms. The summed E-state index contributed by atoms with van der Waals surface area (Å²) < 4.78 is 0. The number of carbonyl (C=O) groups is 1. The fraction of sp³-hybridized carbons (Fsp3) is 0.100. The van der Waals surface area contributed by atoms with Crippen LogP contribution in [0, 0.1) is 0 Å². The predicted octanol–water partition coefficient (Wildman–Crippen LogP) is 2.32. The normalized spacial score (nSPS) is 12.8. The lowest BCUT2D eigenvalue weighted by Gasteiger charge is -1.74. The third-order valence-corrected chi connectivity index (χ3v) is 0.987. The lowest BCUT2D eigenvalue weighted by atomic mass is 10.4. The van der Waals surface area contributed by atoms with Crippen LogP contribution < -0.4 is 0 Å². The third kappa shape index (κ3) is 8.43. The smallest absolute Gasteiger partial charge is 0.328 e. The van der Waals surface area contributed by atoms with E-state index in [0.29, 0.717) is 0 Å². The van der Waals surface area contributed by atoms with Gasteiger partial charge in [0.15, 0.2) is 0 Å². The van der Waals surface area contributed by atoms with E-state index >= 15 is 0 Å². The van der Waals surface area contributed by atoms with Gasteiger partial charge in [0.25, 0.3) is 0 Å². The Morgan fingerprint density at radius 2 is 1.50 bits per heavy atom. The Hall–Kier alpha value is -1.57. The number of carboxylic acid groups (broad SMARTS) is 1. The molecule has 0 aromatic rings. The van der Waals surface area contributed by atoms with E-state index < -0.39 is 5.97 Å². The van der Waals surface area contributed by atoms with Gasteiger partial charge in [-0.05, 0) is 6.92 Å². The fourth-order valence-electron chi connectivity index (χ4n) is 0.506. The zero-order valence-electron chi connectivity index (χ0n) is 6.97. The molecule has 12 heavy (non-hydrogen) atoms. The summed E-state index contributed by atoms with van der Waals surface area (Å²) in [4.78, 5) is 9.98. The monoisotopic (exact) mass is 164 g/mol. The van der Waals surface area contributed by atoms with Gasteiger partial charge in [-0.1, -0.05) is 42.5 Å². The summed E-state index contributed by atoms with van der Waals surface area (Å²) in [5, 5.41) is 8.20. The lowest BCUT2D eigenvalue weighted by molar-refractivity contribution is -0.131. The molecule has 0 aromatic carbocycles. The Balaban J connectivity index is 3.70. The minimum Gasteiger partial charge on any atom is -0.478 e. The van der Waals surface area contributed by atoms with E-state index in [1.165, 1.54) is 6.08 Å². The molecule has 0 fully saturated rings. The molecular weight excluding hydrogens is 152 g/mol. The van der Waals surface area contributed by atoms with E-state index in [2.05, 4.69) is 0 Å². The highest BCUT2D eigenvalue weighted by molar-refractivity contribution is 5.80. The van der Waals surface area contributed by atoms with Gasteiger partial charge in [0, 0.05) is 6.08 Å². The van der Waals surface area contributed by atoms with Gasteiger partial charge < -0.3 is 5.11 Å². The maximum absolute atomic E-state index is 9.98. The second-order valence-electron chi connectivity index (χ2n) is 1.99. The molecule has 0 amide bonds. The molecular formula is C10H12O2. The van der Waals surface area contributed by atoms with Crippen molar-refractivity contribution in [1.82, 2.24) is 0 Å². The minimum atomic E-state index is -0.933. The molecule has 0 aromatic heterocycles. The van der Waals surface area contributed by atoms with E-state index in [-0.39, 0.29) is 0 Å². The summed E-state index contributed by atoms with van der Waals surface area (Å²) in [5.74, 6) is -0.933. The average molecular weight is 164 g/mol. The SMILES string of the molecule is C/C=C/C=C\C=C/C=C\C(=O)O. The van der Waals surface area contributed by atoms with Crippen LogP contribution in [0.1, 0.15) is 6.92 Å². The minimum absolute atomic E-state index is 0.933. The van der Waals surface area contributed by atoms with Gasteiger partial charge in [0.1, 0.15) is 0 Å². The molecule has 0 saturated heterocycles. The molecule has 0 aliphatic rings. The molecule has 2 nitrogen and oxygen atoms in total. The highest BCUT2D eigenvalue weighted by Gasteiger charge is 1.78. The molecule has 2 heteroatoms. The van der Waals surface area contributed by atoms with Crippen molar-refractivity contribution in [2.75, 3.05) is 0 Å². The van der Waals surface area contributed by atoms with Crippen molar-refractivity contribution >= 4 is 5.97 Å². The van der Waals surface area contributed by atoms with Crippen LogP contribution >= 0.6 is 0 Å². The van der Waals surface area contributed by atoms with Gasteiger partial charge in [0.05, 0.1) is 0 Å². The maximum atomic E-state index is 9.98. The maximum Gasteiger partial charge on any atom is 0.328 e.